The largest absolute Gasteiger partial charge is 0.303 e. The van der Waals surface area contributed by atoms with E-state index in [9.17, 15) is 0 Å². The average molecular weight is 232 g/mol. The van der Waals surface area contributed by atoms with Crippen molar-refractivity contribution in [3.05, 3.63) is 35.9 Å². The smallest absolute Gasteiger partial charge is 0.0475 e. The fraction of sp³-hybridized carbons (Fsp3) is 0.600. The average Bonchev–Trinajstić information content (AvgIpc) is 2.38. The summed E-state index contributed by atoms with van der Waals surface area (Å²) in [5.41, 5.74) is 1.47. The monoisotopic (exact) mass is 232 g/mol. The second-order valence-electron chi connectivity index (χ2n) is 5.08. The summed E-state index contributed by atoms with van der Waals surface area (Å²) in [6, 6.07) is 11.5. The van der Waals surface area contributed by atoms with E-state index in [1.54, 1.807) is 0 Å². The van der Waals surface area contributed by atoms with Crippen molar-refractivity contribution < 1.29 is 0 Å². The highest BCUT2D eigenvalue weighted by Gasteiger charge is 2.25. The highest BCUT2D eigenvalue weighted by Crippen LogP contribution is 2.24. The van der Waals surface area contributed by atoms with E-state index in [-0.39, 0.29) is 0 Å². The van der Waals surface area contributed by atoms with E-state index in [1.165, 1.54) is 38.0 Å². The van der Waals surface area contributed by atoms with Gasteiger partial charge in [0.2, 0.25) is 0 Å². The first kappa shape index (κ1) is 12.6. The molecule has 0 radical (unpaired) electrons. The maximum Gasteiger partial charge on any atom is 0.0475 e. The van der Waals surface area contributed by atoms with Crippen molar-refractivity contribution in [2.45, 2.75) is 25.8 Å². The highest BCUT2D eigenvalue weighted by atomic mass is 15.3. The second kappa shape index (κ2) is 6.18. The molecule has 1 fully saturated rings. The van der Waals surface area contributed by atoms with Crippen molar-refractivity contribution in [3.8, 4) is 0 Å². The lowest BCUT2D eigenvalue weighted by molar-refractivity contribution is 0.0886. The zero-order valence-electron chi connectivity index (χ0n) is 11.1. The molecule has 0 aromatic heterocycles. The Balaban J connectivity index is 2.08. The van der Waals surface area contributed by atoms with E-state index in [0.717, 1.165) is 6.54 Å². The summed E-state index contributed by atoms with van der Waals surface area (Å²) in [4.78, 5) is 5.10. The van der Waals surface area contributed by atoms with E-state index < -0.39 is 0 Å². The van der Waals surface area contributed by atoms with Gasteiger partial charge in [-0.15, -0.1) is 0 Å². The van der Waals surface area contributed by atoms with Crippen molar-refractivity contribution in [1.29, 1.82) is 0 Å². The minimum Gasteiger partial charge on any atom is -0.303 e. The van der Waals surface area contributed by atoms with Crippen molar-refractivity contribution in [2.75, 3.05) is 33.2 Å². The standard InChI is InChI=1S/C15H24N2/c1-3-4-10-17-12-11-16(2)13-15(17)14-8-6-5-7-9-14/h5-9,15H,3-4,10-13H2,1-2H3. The molecule has 2 rings (SSSR count). The molecule has 1 aliphatic heterocycles. The Hall–Kier alpha value is -0.860. The maximum absolute atomic E-state index is 2.65. The summed E-state index contributed by atoms with van der Waals surface area (Å²) in [6.45, 7) is 7.08. The van der Waals surface area contributed by atoms with Crippen LogP contribution in [-0.2, 0) is 0 Å². The summed E-state index contributed by atoms with van der Waals surface area (Å²) in [6.07, 6.45) is 2.60. The van der Waals surface area contributed by atoms with Crippen molar-refractivity contribution in [2.24, 2.45) is 0 Å². The Morgan fingerprint density at radius 2 is 1.94 bits per heavy atom. The maximum atomic E-state index is 2.65. The third-order valence-corrected chi connectivity index (χ3v) is 3.68. The summed E-state index contributed by atoms with van der Waals surface area (Å²) >= 11 is 0. The minimum atomic E-state index is 0.585. The van der Waals surface area contributed by atoms with Crippen LogP contribution in [-0.4, -0.2) is 43.0 Å². The van der Waals surface area contributed by atoms with Gasteiger partial charge in [0.15, 0.2) is 0 Å². The van der Waals surface area contributed by atoms with Gasteiger partial charge in [0.05, 0.1) is 0 Å². The molecule has 94 valence electrons. The molecule has 1 heterocycles. The number of unbranched alkanes of at least 4 members (excludes halogenated alkanes) is 1. The van der Waals surface area contributed by atoms with E-state index in [2.05, 4.69) is 54.1 Å². The number of rotatable bonds is 4. The predicted molar refractivity (Wildman–Crippen MR) is 73.2 cm³/mol. The topological polar surface area (TPSA) is 6.48 Å². The summed E-state index contributed by atoms with van der Waals surface area (Å²) < 4.78 is 0. The molecule has 2 nitrogen and oxygen atoms in total. The molecule has 0 saturated carbocycles. The normalized spacial score (nSPS) is 22.8. The summed E-state index contributed by atoms with van der Waals surface area (Å²) in [5, 5.41) is 0. The Morgan fingerprint density at radius 3 is 2.65 bits per heavy atom. The Kier molecular flexibility index (Phi) is 4.57. The van der Waals surface area contributed by atoms with Gasteiger partial charge in [-0.1, -0.05) is 43.7 Å². The van der Waals surface area contributed by atoms with E-state index >= 15 is 0 Å². The van der Waals surface area contributed by atoms with Crippen LogP contribution in [0.1, 0.15) is 31.4 Å². The lowest BCUT2D eigenvalue weighted by Gasteiger charge is -2.40. The van der Waals surface area contributed by atoms with Crippen LogP contribution in [0.15, 0.2) is 30.3 Å². The second-order valence-corrected chi connectivity index (χ2v) is 5.08. The number of hydrogen-bond acceptors (Lipinski definition) is 2. The lowest BCUT2D eigenvalue weighted by atomic mass is 10.0. The molecular formula is C15H24N2. The predicted octanol–water partition coefficient (Wildman–Crippen LogP) is 2.78. The van der Waals surface area contributed by atoms with Crippen LogP contribution in [0.4, 0.5) is 0 Å². The lowest BCUT2D eigenvalue weighted by Crippen LogP contribution is -2.47. The summed E-state index contributed by atoms with van der Waals surface area (Å²) in [5.74, 6) is 0. The Morgan fingerprint density at radius 1 is 1.18 bits per heavy atom. The number of hydrogen-bond donors (Lipinski definition) is 0. The number of piperazine rings is 1. The van der Waals surface area contributed by atoms with E-state index in [4.69, 9.17) is 0 Å². The van der Waals surface area contributed by atoms with Gasteiger partial charge in [0.25, 0.3) is 0 Å². The molecule has 1 saturated heterocycles. The zero-order chi connectivity index (χ0) is 12.1. The molecule has 1 atom stereocenters. The SMILES string of the molecule is CCCCN1CCN(C)CC1c1ccccc1. The third-order valence-electron chi connectivity index (χ3n) is 3.68. The number of likely N-dealkylation sites (N-methyl/N-ethyl adjacent to an activating group) is 1. The van der Waals surface area contributed by atoms with Gasteiger partial charge < -0.3 is 4.90 Å². The van der Waals surface area contributed by atoms with Crippen LogP contribution in [0, 0.1) is 0 Å². The first-order valence-electron chi connectivity index (χ1n) is 6.79. The Labute approximate surface area is 105 Å². The van der Waals surface area contributed by atoms with Crippen LogP contribution in [0.3, 0.4) is 0 Å². The number of benzene rings is 1. The summed E-state index contributed by atoms with van der Waals surface area (Å²) in [7, 11) is 2.23. The first-order chi connectivity index (χ1) is 8.31. The molecular weight excluding hydrogens is 208 g/mol. The van der Waals surface area contributed by atoms with Crippen LogP contribution in [0.25, 0.3) is 0 Å². The van der Waals surface area contributed by atoms with Gasteiger partial charge in [-0.3, -0.25) is 4.90 Å². The fourth-order valence-electron chi connectivity index (χ4n) is 2.58. The molecule has 1 aromatic carbocycles. The molecule has 1 aromatic rings. The van der Waals surface area contributed by atoms with E-state index in [1.807, 2.05) is 0 Å². The Bertz CT molecular complexity index is 321. The number of nitrogens with zero attached hydrogens (tertiary/aromatic N) is 2. The third kappa shape index (κ3) is 3.30. The molecule has 0 aliphatic carbocycles. The van der Waals surface area contributed by atoms with Gasteiger partial charge in [-0.2, -0.15) is 0 Å². The van der Waals surface area contributed by atoms with Gasteiger partial charge in [0.1, 0.15) is 0 Å². The first-order valence-corrected chi connectivity index (χ1v) is 6.79. The van der Waals surface area contributed by atoms with Gasteiger partial charge >= 0.3 is 0 Å². The molecule has 17 heavy (non-hydrogen) atoms. The minimum absolute atomic E-state index is 0.585. The van der Waals surface area contributed by atoms with Gasteiger partial charge in [-0.25, -0.2) is 0 Å². The highest BCUT2D eigenvalue weighted by molar-refractivity contribution is 5.20. The molecule has 2 heteroatoms. The van der Waals surface area contributed by atoms with Gasteiger partial charge in [-0.05, 0) is 25.6 Å². The molecule has 0 N–H and O–H groups in total. The van der Waals surface area contributed by atoms with Crippen molar-refractivity contribution in [3.63, 3.8) is 0 Å². The van der Waals surface area contributed by atoms with Crippen molar-refractivity contribution in [1.82, 2.24) is 9.80 Å². The molecule has 1 unspecified atom stereocenters. The van der Waals surface area contributed by atoms with Crippen LogP contribution < -0.4 is 0 Å². The molecule has 1 aliphatic rings. The quantitative estimate of drug-likeness (QED) is 0.787. The molecule has 0 spiro atoms. The van der Waals surface area contributed by atoms with Crippen molar-refractivity contribution >= 4 is 0 Å². The van der Waals surface area contributed by atoms with Crippen LogP contribution in [0.5, 0.6) is 0 Å². The molecule has 0 bridgehead atoms. The fourth-order valence-corrected chi connectivity index (χ4v) is 2.58. The van der Waals surface area contributed by atoms with E-state index in [0.29, 0.717) is 6.04 Å². The van der Waals surface area contributed by atoms with Crippen LogP contribution >= 0.6 is 0 Å². The zero-order valence-corrected chi connectivity index (χ0v) is 11.1. The molecule has 0 amide bonds. The van der Waals surface area contributed by atoms with Crippen LogP contribution in [0.2, 0.25) is 0 Å². The van der Waals surface area contributed by atoms with Gasteiger partial charge in [0, 0.05) is 25.7 Å².